The number of piperidine rings is 1. The Kier molecular flexibility index (Phi) is 6.45. The number of carbonyl (C=O) groups excluding carboxylic acids is 1. The number of likely N-dealkylation sites (tertiary alicyclic amines) is 1. The first-order chi connectivity index (χ1) is 12.3. The van der Waals surface area contributed by atoms with Crippen LogP contribution in [0.4, 0.5) is 0 Å². The third-order valence-electron chi connectivity index (χ3n) is 5.51. The van der Waals surface area contributed by atoms with Crippen LogP contribution in [0.15, 0.2) is 30.3 Å². The Labute approximate surface area is 150 Å². The Hall–Kier alpha value is -1.43. The Morgan fingerprint density at radius 1 is 1.20 bits per heavy atom. The van der Waals surface area contributed by atoms with Crippen molar-refractivity contribution in [3.05, 3.63) is 35.9 Å². The van der Waals surface area contributed by atoms with Crippen molar-refractivity contribution in [2.75, 3.05) is 39.5 Å². The molecule has 0 radical (unpaired) electrons. The van der Waals surface area contributed by atoms with E-state index in [2.05, 4.69) is 12.1 Å². The molecule has 0 atom stereocenters. The third kappa shape index (κ3) is 4.22. The maximum atomic E-state index is 13.5. The summed E-state index contributed by atoms with van der Waals surface area (Å²) in [6, 6.07) is 10.2. The summed E-state index contributed by atoms with van der Waals surface area (Å²) in [4.78, 5) is 15.5. The fourth-order valence-corrected chi connectivity index (χ4v) is 3.96. The molecule has 2 aliphatic heterocycles. The van der Waals surface area contributed by atoms with Crippen molar-refractivity contribution >= 4 is 5.91 Å². The summed E-state index contributed by atoms with van der Waals surface area (Å²) in [7, 11) is 0. The van der Waals surface area contributed by atoms with E-state index in [0.717, 1.165) is 57.4 Å². The van der Waals surface area contributed by atoms with Crippen LogP contribution in [0.1, 0.15) is 37.7 Å². The lowest BCUT2D eigenvalue weighted by Gasteiger charge is -2.42. The van der Waals surface area contributed by atoms with E-state index >= 15 is 0 Å². The van der Waals surface area contributed by atoms with Gasteiger partial charge >= 0.3 is 0 Å². The van der Waals surface area contributed by atoms with Crippen LogP contribution < -0.4 is 5.73 Å². The van der Waals surface area contributed by atoms with Crippen LogP contribution in [0.2, 0.25) is 0 Å². The first kappa shape index (κ1) is 18.4. The Morgan fingerprint density at radius 2 is 1.88 bits per heavy atom. The van der Waals surface area contributed by atoms with Crippen molar-refractivity contribution in [1.82, 2.24) is 4.90 Å². The zero-order valence-corrected chi connectivity index (χ0v) is 15.0. The van der Waals surface area contributed by atoms with E-state index in [-0.39, 0.29) is 12.0 Å². The minimum Gasteiger partial charge on any atom is -0.381 e. The number of nitrogens with two attached hydrogens (primary N) is 1. The molecule has 0 spiro atoms. The van der Waals surface area contributed by atoms with Crippen molar-refractivity contribution in [3.63, 3.8) is 0 Å². The topological polar surface area (TPSA) is 64.8 Å². The molecule has 0 saturated carbocycles. The van der Waals surface area contributed by atoms with E-state index < -0.39 is 5.41 Å². The van der Waals surface area contributed by atoms with Crippen molar-refractivity contribution in [3.8, 4) is 0 Å². The molecule has 2 fully saturated rings. The van der Waals surface area contributed by atoms with Gasteiger partial charge in [-0.15, -0.1) is 0 Å². The highest BCUT2D eigenvalue weighted by Gasteiger charge is 2.44. The Morgan fingerprint density at radius 3 is 2.52 bits per heavy atom. The number of carbonyl (C=O) groups is 1. The highest BCUT2D eigenvalue weighted by molar-refractivity contribution is 5.88. The van der Waals surface area contributed by atoms with E-state index in [1.807, 2.05) is 23.1 Å². The zero-order chi connectivity index (χ0) is 17.5. The summed E-state index contributed by atoms with van der Waals surface area (Å²) in [5, 5.41) is 0. The number of hydrogen-bond donors (Lipinski definition) is 1. The SMILES string of the molecule is NCCCOC1CCN(C(=O)C2(c3ccccc3)CCOCC2)CC1. The second-order valence-electron chi connectivity index (χ2n) is 7.07. The average Bonchev–Trinajstić information content (AvgIpc) is 2.69. The van der Waals surface area contributed by atoms with Gasteiger partial charge in [0.2, 0.25) is 5.91 Å². The molecule has 0 unspecified atom stereocenters. The number of hydrogen-bond acceptors (Lipinski definition) is 4. The average molecular weight is 346 g/mol. The first-order valence-electron chi connectivity index (χ1n) is 9.50. The van der Waals surface area contributed by atoms with Gasteiger partial charge in [-0.05, 0) is 44.2 Å². The molecule has 5 heteroatoms. The van der Waals surface area contributed by atoms with Gasteiger partial charge in [0, 0.05) is 32.9 Å². The summed E-state index contributed by atoms with van der Waals surface area (Å²) >= 11 is 0. The van der Waals surface area contributed by atoms with Crippen LogP contribution in [0.5, 0.6) is 0 Å². The third-order valence-corrected chi connectivity index (χ3v) is 5.51. The zero-order valence-electron chi connectivity index (χ0n) is 15.0. The quantitative estimate of drug-likeness (QED) is 0.801. The highest BCUT2D eigenvalue weighted by atomic mass is 16.5. The van der Waals surface area contributed by atoms with Crippen molar-refractivity contribution in [1.29, 1.82) is 0 Å². The van der Waals surface area contributed by atoms with Crippen LogP contribution >= 0.6 is 0 Å². The number of rotatable bonds is 6. The molecule has 2 saturated heterocycles. The van der Waals surface area contributed by atoms with E-state index in [9.17, 15) is 4.79 Å². The molecule has 5 nitrogen and oxygen atoms in total. The summed E-state index contributed by atoms with van der Waals surface area (Å²) in [6.07, 6.45) is 4.52. The molecular weight excluding hydrogens is 316 g/mol. The minimum atomic E-state index is -0.424. The number of benzene rings is 1. The molecule has 25 heavy (non-hydrogen) atoms. The van der Waals surface area contributed by atoms with E-state index in [1.165, 1.54) is 0 Å². The molecule has 3 rings (SSSR count). The van der Waals surface area contributed by atoms with E-state index in [4.69, 9.17) is 15.2 Å². The molecule has 2 N–H and O–H groups in total. The maximum Gasteiger partial charge on any atom is 0.233 e. The molecule has 138 valence electrons. The Bertz CT molecular complexity index is 535. The minimum absolute atomic E-state index is 0.262. The Balaban J connectivity index is 1.66. The van der Waals surface area contributed by atoms with Gasteiger partial charge in [-0.3, -0.25) is 4.79 Å². The number of ether oxygens (including phenoxy) is 2. The normalized spacial score (nSPS) is 21.2. The molecule has 1 aromatic rings. The van der Waals surface area contributed by atoms with Gasteiger partial charge in [0.1, 0.15) is 0 Å². The predicted molar refractivity (Wildman–Crippen MR) is 97.4 cm³/mol. The van der Waals surface area contributed by atoms with E-state index in [1.54, 1.807) is 0 Å². The van der Waals surface area contributed by atoms with E-state index in [0.29, 0.717) is 19.8 Å². The molecule has 0 bridgehead atoms. The summed E-state index contributed by atoms with van der Waals surface area (Å²) in [6.45, 7) is 4.25. The fourth-order valence-electron chi connectivity index (χ4n) is 3.96. The van der Waals surface area contributed by atoms with Gasteiger partial charge in [0.25, 0.3) is 0 Å². The second kappa shape index (κ2) is 8.79. The van der Waals surface area contributed by atoms with Crippen LogP contribution in [-0.4, -0.2) is 56.4 Å². The van der Waals surface area contributed by atoms with Gasteiger partial charge in [0.15, 0.2) is 0 Å². The number of amides is 1. The van der Waals surface area contributed by atoms with Gasteiger partial charge in [-0.25, -0.2) is 0 Å². The largest absolute Gasteiger partial charge is 0.381 e. The lowest BCUT2D eigenvalue weighted by molar-refractivity contribution is -0.144. The summed E-state index contributed by atoms with van der Waals surface area (Å²) in [5.41, 5.74) is 6.22. The van der Waals surface area contributed by atoms with Crippen LogP contribution in [-0.2, 0) is 19.7 Å². The lowest BCUT2D eigenvalue weighted by Crippen LogP contribution is -2.52. The van der Waals surface area contributed by atoms with Gasteiger partial charge in [-0.2, -0.15) is 0 Å². The number of nitrogens with zero attached hydrogens (tertiary/aromatic N) is 1. The molecule has 0 aromatic heterocycles. The van der Waals surface area contributed by atoms with Crippen LogP contribution in [0, 0.1) is 0 Å². The van der Waals surface area contributed by atoms with Crippen molar-refractivity contribution in [2.24, 2.45) is 5.73 Å². The van der Waals surface area contributed by atoms with Gasteiger partial charge < -0.3 is 20.1 Å². The molecule has 2 aliphatic rings. The molecule has 2 heterocycles. The van der Waals surface area contributed by atoms with Gasteiger partial charge in [0.05, 0.1) is 11.5 Å². The fraction of sp³-hybridized carbons (Fsp3) is 0.650. The molecule has 0 aliphatic carbocycles. The molecular formula is C20H30N2O3. The van der Waals surface area contributed by atoms with Gasteiger partial charge in [-0.1, -0.05) is 30.3 Å². The maximum absolute atomic E-state index is 13.5. The molecule has 1 aromatic carbocycles. The van der Waals surface area contributed by atoms with Crippen molar-refractivity contribution < 1.29 is 14.3 Å². The van der Waals surface area contributed by atoms with Crippen LogP contribution in [0.3, 0.4) is 0 Å². The van der Waals surface area contributed by atoms with Crippen LogP contribution in [0.25, 0.3) is 0 Å². The highest BCUT2D eigenvalue weighted by Crippen LogP contribution is 2.37. The predicted octanol–water partition coefficient (Wildman–Crippen LogP) is 2.09. The molecule has 1 amide bonds. The van der Waals surface area contributed by atoms with Crippen molar-refractivity contribution in [2.45, 2.75) is 43.6 Å². The monoisotopic (exact) mass is 346 g/mol. The smallest absolute Gasteiger partial charge is 0.233 e. The lowest BCUT2D eigenvalue weighted by atomic mass is 9.72. The summed E-state index contributed by atoms with van der Waals surface area (Å²) in [5.74, 6) is 0.266. The first-order valence-corrected chi connectivity index (χ1v) is 9.50. The standard InChI is InChI=1S/C20H30N2O3/c21-11-4-14-25-18-7-12-22(13-8-18)19(23)20(9-15-24-16-10-20)17-5-2-1-3-6-17/h1-3,5-6,18H,4,7-16,21H2. The summed E-state index contributed by atoms with van der Waals surface area (Å²) < 4.78 is 11.4. The second-order valence-corrected chi connectivity index (χ2v) is 7.07.